The van der Waals surface area contributed by atoms with Crippen LogP contribution in [0.15, 0.2) is 18.2 Å². The van der Waals surface area contributed by atoms with E-state index in [2.05, 4.69) is 10.3 Å². The molecule has 3 aromatic rings. The molecule has 6 nitrogen and oxygen atoms in total. The van der Waals surface area contributed by atoms with Crippen LogP contribution in [0, 0.1) is 5.92 Å². The van der Waals surface area contributed by atoms with E-state index >= 15 is 0 Å². The number of amides is 1. The van der Waals surface area contributed by atoms with Crippen LogP contribution >= 0.6 is 11.3 Å². The van der Waals surface area contributed by atoms with E-state index in [0.717, 1.165) is 23.3 Å². The number of benzene rings is 1. The Bertz CT molecular complexity index is 1220. The lowest BCUT2D eigenvalue weighted by atomic mass is 9.84. The Kier molecular flexibility index (Phi) is 6.13. The van der Waals surface area contributed by atoms with E-state index in [1.54, 1.807) is 18.2 Å². The van der Waals surface area contributed by atoms with Gasteiger partial charge in [0.05, 0.1) is 25.5 Å². The number of thiophene rings is 1. The third kappa shape index (κ3) is 4.31. The molecule has 3 N–H and O–H groups in total. The molecular formula is C23H24F3N3O3S. The van der Waals surface area contributed by atoms with Gasteiger partial charge in [-0.05, 0) is 48.4 Å². The van der Waals surface area contributed by atoms with E-state index in [-0.39, 0.29) is 38.8 Å². The van der Waals surface area contributed by atoms with E-state index in [4.69, 9.17) is 15.2 Å². The summed E-state index contributed by atoms with van der Waals surface area (Å²) in [7, 11) is 3.02. The first-order valence-electron chi connectivity index (χ1n) is 10.4. The van der Waals surface area contributed by atoms with E-state index in [1.165, 1.54) is 14.2 Å². The topological polar surface area (TPSA) is 86.5 Å². The highest BCUT2D eigenvalue weighted by molar-refractivity contribution is 7.21. The number of hydrogen-bond acceptors (Lipinski definition) is 6. The van der Waals surface area contributed by atoms with Crippen LogP contribution in [-0.4, -0.2) is 25.1 Å². The molecule has 1 aromatic carbocycles. The van der Waals surface area contributed by atoms with Gasteiger partial charge in [-0.3, -0.25) is 4.79 Å². The van der Waals surface area contributed by atoms with Crippen LogP contribution in [-0.2, 0) is 25.6 Å². The number of aromatic nitrogens is 1. The molecule has 1 atom stereocenters. The van der Waals surface area contributed by atoms with Crippen molar-refractivity contribution in [3.63, 3.8) is 0 Å². The third-order valence-electron chi connectivity index (χ3n) is 5.88. The van der Waals surface area contributed by atoms with Gasteiger partial charge in [-0.1, -0.05) is 13.0 Å². The summed E-state index contributed by atoms with van der Waals surface area (Å²) < 4.78 is 52.8. The Morgan fingerprint density at radius 3 is 2.67 bits per heavy atom. The van der Waals surface area contributed by atoms with Crippen LogP contribution in [0.2, 0.25) is 0 Å². The van der Waals surface area contributed by atoms with Gasteiger partial charge >= 0.3 is 6.18 Å². The zero-order valence-electron chi connectivity index (χ0n) is 18.4. The number of carbonyl (C=O) groups is 1. The number of aryl methyl sites for hydroxylation is 1. The van der Waals surface area contributed by atoms with E-state index in [0.29, 0.717) is 30.0 Å². The van der Waals surface area contributed by atoms with Crippen LogP contribution in [0.4, 0.5) is 18.9 Å². The van der Waals surface area contributed by atoms with Gasteiger partial charge in [0.1, 0.15) is 9.71 Å². The zero-order chi connectivity index (χ0) is 23.9. The second-order valence-electron chi connectivity index (χ2n) is 8.15. The highest BCUT2D eigenvalue weighted by Gasteiger charge is 2.40. The van der Waals surface area contributed by atoms with Gasteiger partial charge in [0.25, 0.3) is 5.91 Å². The van der Waals surface area contributed by atoms with E-state index in [9.17, 15) is 18.0 Å². The van der Waals surface area contributed by atoms with Crippen LogP contribution in [0.1, 0.15) is 45.4 Å². The number of nitrogens with one attached hydrogen (secondary N) is 1. The van der Waals surface area contributed by atoms with Gasteiger partial charge < -0.3 is 20.5 Å². The lowest BCUT2D eigenvalue weighted by Crippen LogP contribution is -2.23. The zero-order valence-corrected chi connectivity index (χ0v) is 19.2. The molecular weight excluding hydrogens is 455 g/mol. The Balaban J connectivity index is 1.69. The fourth-order valence-corrected chi connectivity index (χ4v) is 5.27. The van der Waals surface area contributed by atoms with Gasteiger partial charge in [0, 0.05) is 17.6 Å². The number of fused-ring (bicyclic) bond motifs is 2. The minimum atomic E-state index is -4.59. The molecule has 0 unspecified atom stereocenters. The lowest BCUT2D eigenvalue weighted by molar-refractivity contribution is -0.137. The largest absolute Gasteiger partial charge is 0.493 e. The first-order chi connectivity index (χ1) is 15.6. The number of hydrogen-bond donors (Lipinski definition) is 2. The highest BCUT2D eigenvalue weighted by atomic mass is 32.1. The van der Waals surface area contributed by atoms with Crippen molar-refractivity contribution in [1.29, 1.82) is 0 Å². The SMILES string of the molecule is COc1ccc(CNC(=O)c2sc3nc4c(c(C(F)(F)F)c3c2N)C[C@@H](C)CC4)cc1OC. The Labute approximate surface area is 192 Å². The number of ether oxygens (including phenoxy) is 2. The molecule has 1 aliphatic rings. The minimum absolute atomic E-state index is 0.0267. The number of anilines is 1. The number of carbonyl (C=O) groups excluding carboxylic acids is 1. The molecule has 33 heavy (non-hydrogen) atoms. The summed E-state index contributed by atoms with van der Waals surface area (Å²) >= 11 is 0.892. The van der Waals surface area contributed by atoms with Crippen molar-refractivity contribution in [3.8, 4) is 11.5 Å². The molecule has 2 aromatic heterocycles. The van der Waals surface area contributed by atoms with Crippen molar-refractivity contribution in [2.75, 3.05) is 20.0 Å². The average molecular weight is 480 g/mol. The van der Waals surface area contributed by atoms with Gasteiger partial charge in [-0.2, -0.15) is 13.2 Å². The molecule has 0 aliphatic heterocycles. The smallest absolute Gasteiger partial charge is 0.417 e. The summed E-state index contributed by atoms with van der Waals surface area (Å²) in [5.74, 6) is 0.626. The van der Waals surface area contributed by atoms with Crippen LogP contribution in [0.5, 0.6) is 11.5 Å². The number of alkyl halides is 3. The van der Waals surface area contributed by atoms with Crippen LogP contribution in [0.25, 0.3) is 10.2 Å². The first kappa shape index (κ1) is 23.2. The summed E-state index contributed by atoms with van der Waals surface area (Å²) in [4.78, 5) is 17.5. The summed E-state index contributed by atoms with van der Waals surface area (Å²) in [5.41, 5.74) is 6.59. The number of methoxy groups -OCH3 is 2. The molecule has 0 radical (unpaired) electrons. The Hall–Kier alpha value is -3.01. The van der Waals surface area contributed by atoms with Crippen molar-refractivity contribution < 1.29 is 27.4 Å². The van der Waals surface area contributed by atoms with Crippen molar-refractivity contribution in [3.05, 3.63) is 45.5 Å². The van der Waals surface area contributed by atoms with Crippen LogP contribution < -0.4 is 20.5 Å². The van der Waals surface area contributed by atoms with Gasteiger partial charge in [0.2, 0.25) is 0 Å². The molecule has 0 fully saturated rings. The van der Waals surface area contributed by atoms with Crippen molar-refractivity contribution in [1.82, 2.24) is 10.3 Å². The van der Waals surface area contributed by atoms with Crippen molar-refractivity contribution in [2.24, 2.45) is 5.92 Å². The molecule has 1 amide bonds. The molecule has 0 spiro atoms. The fraction of sp³-hybridized carbons (Fsp3) is 0.391. The second-order valence-corrected chi connectivity index (χ2v) is 9.15. The molecule has 0 bridgehead atoms. The Morgan fingerprint density at radius 2 is 2.00 bits per heavy atom. The predicted molar refractivity (Wildman–Crippen MR) is 121 cm³/mol. The molecule has 1 aliphatic carbocycles. The number of nitrogens with two attached hydrogens (primary N) is 1. The van der Waals surface area contributed by atoms with Crippen LogP contribution in [0.3, 0.4) is 0 Å². The summed E-state index contributed by atoms with van der Waals surface area (Å²) in [6.45, 7) is 2.07. The maximum absolute atomic E-state index is 14.1. The highest BCUT2D eigenvalue weighted by Crippen LogP contribution is 2.46. The molecule has 4 rings (SSSR count). The fourth-order valence-electron chi connectivity index (χ4n) is 4.23. The molecule has 10 heteroatoms. The average Bonchev–Trinajstić information content (AvgIpc) is 3.10. The standard InChI is InChI=1S/C23H24F3N3O3S/c1-11-4-6-14-13(8-11)18(23(24,25)26)17-19(27)20(33-22(17)29-14)21(30)28-10-12-5-7-15(31-2)16(9-12)32-3/h5,7,9,11H,4,6,8,10,27H2,1-3H3,(H,28,30)/t11-/m0/s1. The van der Waals surface area contributed by atoms with Gasteiger partial charge in [-0.25, -0.2) is 4.98 Å². The number of rotatable bonds is 5. The molecule has 2 heterocycles. The molecule has 0 saturated carbocycles. The third-order valence-corrected chi connectivity index (χ3v) is 6.98. The normalized spacial score (nSPS) is 15.9. The Morgan fingerprint density at radius 1 is 1.27 bits per heavy atom. The van der Waals surface area contributed by atoms with Crippen molar-refractivity contribution in [2.45, 2.75) is 38.9 Å². The number of nitrogens with zero attached hydrogens (tertiary/aromatic N) is 1. The van der Waals surface area contributed by atoms with Crippen molar-refractivity contribution >= 4 is 33.1 Å². The minimum Gasteiger partial charge on any atom is -0.493 e. The number of nitrogen functional groups attached to an aromatic ring is 1. The van der Waals surface area contributed by atoms with Gasteiger partial charge in [0.15, 0.2) is 11.5 Å². The first-order valence-corrected chi connectivity index (χ1v) is 11.3. The number of pyridine rings is 1. The number of halogens is 3. The predicted octanol–water partition coefficient (Wildman–Crippen LogP) is 4.97. The second kappa shape index (κ2) is 8.74. The summed E-state index contributed by atoms with van der Waals surface area (Å²) in [5, 5.41) is 2.56. The monoisotopic (exact) mass is 479 g/mol. The lowest BCUT2D eigenvalue weighted by Gasteiger charge is -2.25. The maximum Gasteiger partial charge on any atom is 0.417 e. The van der Waals surface area contributed by atoms with E-state index < -0.39 is 17.6 Å². The molecule has 176 valence electrons. The van der Waals surface area contributed by atoms with Gasteiger partial charge in [-0.15, -0.1) is 11.3 Å². The molecule has 0 saturated heterocycles. The quantitative estimate of drug-likeness (QED) is 0.540. The maximum atomic E-state index is 14.1. The van der Waals surface area contributed by atoms with E-state index in [1.807, 2.05) is 6.92 Å². The summed E-state index contributed by atoms with van der Waals surface area (Å²) in [6.07, 6.45) is -3.04. The summed E-state index contributed by atoms with van der Waals surface area (Å²) in [6, 6.07) is 5.18.